The van der Waals surface area contributed by atoms with Crippen molar-refractivity contribution in [3.63, 3.8) is 0 Å². The molecule has 1 saturated carbocycles. The maximum absolute atomic E-state index is 6.46. The van der Waals surface area contributed by atoms with E-state index < -0.39 is 0 Å². The molecule has 1 saturated heterocycles. The summed E-state index contributed by atoms with van der Waals surface area (Å²) in [5, 5.41) is 7.42. The van der Waals surface area contributed by atoms with Gasteiger partial charge in [0.1, 0.15) is 5.82 Å². The van der Waals surface area contributed by atoms with Gasteiger partial charge in [-0.3, -0.25) is 0 Å². The van der Waals surface area contributed by atoms with E-state index in [-0.39, 0.29) is 0 Å². The standard InChI is InChI=1S/C21H30ClN7/c1-29(17-7-9-24-10-8-17)19-12-14(6-11-25-19)20-18(22)13-26-21(28-20)27-16-4-2-15(23)3-5-16/h6,11-13,15-17,24H,2-5,7-10,23H2,1H3,(H,26,27,28)/t15-,16-. The Kier molecular flexibility index (Phi) is 6.47. The molecule has 156 valence electrons. The summed E-state index contributed by atoms with van der Waals surface area (Å²) in [6.07, 6.45) is 9.91. The fourth-order valence-corrected chi connectivity index (χ4v) is 4.43. The van der Waals surface area contributed by atoms with Crippen molar-refractivity contribution in [2.24, 2.45) is 5.73 Å². The second kappa shape index (κ2) is 9.24. The van der Waals surface area contributed by atoms with Gasteiger partial charge in [-0.1, -0.05) is 11.6 Å². The van der Waals surface area contributed by atoms with E-state index in [4.69, 9.17) is 22.3 Å². The molecule has 2 aliphatic rings. The minimum Gasteiger partial charge on any atom is -0.357 e. The topological polar surface area (TPSA) is 92.0 Å². The number of piperidine rings is 1. The van der Waals surface area contributed by atoms with E-state index in [2.05, 4.69) is 38.6 Å². The van der Waals surface area contributed by atoms with Gasteiger partial charge in [-0.2, -0.15) is 0 Å². The minimum atomic E-state index is 0.321. The van der Waals surface area contributed by atoms with Crippen LogP contribution in [0.15, 0.2) is 24.5 Å². The highest BCUT2D eigenvalue weighted by Gasteiger charge is 2.21. The summed E-state index contributed by atoms with van der Waals surface area (Å²) < 4.78 is 0. The second-order valence-electron chi connectivity index (χ2n) is 8.14. The Morgan fingerprint density at radius 3 is 2.66 bits per heavy atom. The largest absolute Gasteiger partial charge is 0.357 e. The van der Waals surface area contributed by atoms with Crippen molar-refractivity contribution in [2.75, 3.05) is 30.4 Å². The molecular weight excluding hydrogens is 386 g/mol. The molecule has 3 heterocycles. The van der Waals surface area contributed by atoms with Crippen molar-refractivity contribution in [1.29, 1.82) is 0 Å². The highest BCUT2D eigenvalue weighted by molar-refractivity contribution is 6.32. The number of pyridine rings is 1. The van der Waals surface area contributed by atoms with Crippen LogP contribution in [-0.4, -0.2) is 53.2 Å². The molecular formula is C21H30ClN7. The molecule has 0 bridgehead atoms. The van der Waals surface area contributed by atoms with Gasteiger partial charge in [-0.15, -0.1) is 0 Å². The lowest BCUT2D eigenvalue weighted by molar-refractivity contribution is 0.410. The van der Waals surface area contributed by atoms with Crippen molar-refractivity contribution in [1.82, 2.24) is 20.3 Å². The number of halogens is 1. The average molecular weight is 416 g/mol. The molecule has 1 aliphatic heterocycles. The smallest absolute Gasteiger partial charge is 0.223 e. The number of nitrogens with two attached hydrogens (primary N) is 1. The lowest BCUT2D eigenvalue weighted by Crippen LogP contribution is -2.41. The Hall–Kier alpha value is -1.96. The van der Waals surface area contributed by atoms with Crippen LogP contribution in [0.2, 0.25) is 5.02 Å². The lowest BCUT2D eigenvalue weighted by Gasteiger charge is -2.32. The summed E-state index contributed by atoms with van der Waals surface area (Å²) in [5.41, 5.74) is 7.70. The predicted octanol–water partition coefficient (Wildman–Crippen LogP) is 3.06. The van der Waals surface area contributed by atoms with Crippen molar-refractivity contribution in [2.45, 2.75) is 56.7 Å². The maximum atomic E-state index is 6.46. The number of hydrogen-bond acceptors (Lipinski definition) is 7. The Morgan fingerprint density at radius 2 is 1.90 bits per heavy atom. The van der Waals surface area contributed by atoms with Crippen LogP contribution in [0.4, 0.5) is 11.8 Å². The molecule has 2 fully saturated rings. The monoisotopic (exact) mass is 415 g/mol. The summed E-state index contributed by atoms with van der Waals surface area (Å²) in [5.74, 6) is 1.56. The third kappa shape index (κ3) is 4.97. The fraction of sp³-hybridized carbons (Fsp3) is 0.571. The van der Waals surface area contributed by atoms with Gasteiger partial charge in [0.2, 0.25) is 5.95 Å². The summed E-state index contributed by atoms with van der Waals surface area (Å²) in [6.45, 7) is 2.10. The average Bonchev–Trinajstić information content (AvgIpc) is 2.77. The molecule has 7 nitrogen and oxygen atoms in total. The van der Waals surface area contributed by atoms with Crippen LogP contribution >= 0.6 is 11.6 Å². The molecule has 0 amide bonds. The quantitative estimate of drug-likeness (QED) is 0.691. The van der Waals surface area contributed by atoms with Crippen LogP contribution in [0.25, 0.3) is 11.3 Å². The first-order chi connectivity index (χ1) is 14.1. The summed E-state index contributed by atoms with van der Waals surface area (Å²) in [7, 11) is 2.12. The molecule has 0 atom stereocenters. The second-order valence-corrected chi connectivity index (χ2v) is 8.55. The molecule has 0 aromatic carbocycles. The number of anilines is 2. The van der Waals surface area contributed by atoms with Crippen molar-refractivity contribution >= 4 is 23.4 Å². The van der Waals surface area contributed by atoms with Gasteiger partial charge in [0.05, 0.1) is 16.9 Å². The van der Waals surface area contributed by atoms with Crippen molar-refractivity contribution in [3.05, 3.63) is 29.5 Å². The van der Waals surface area contributed by atoms with E-state index >= 15 is 0 Å². The molecule has 0 radical (unpaired) electrons. The highest BCUT2D eigenvalue weighted by Crippen LogP contribution is 2.30. The van der Waals surface area contributed by atoms with E-state index in [1.807, 2.05) is 12.3 Å². The van der Waals surface area contributed by atoms with Crippen LogP contribution in [0.3, 0.4) is 0 Å². The molecule has 1 aliphatic carbocycles. The SMILES string of the molecule is CN(c1cc(-c2nc(N[C@H]3CC[C@H](N)CC3)ncc2Cl)ccn1)C1CCNCC1. The van der Waals surface area contributed by atoms with Gasteiger partial charge in [0, 0.05) is 36.9 Å². The van der Waals surface area contributed by atoms with E-state index in [1.54, 1.807) is 6.20 Å². The van der Waals surface area contributed by atoms with Gasteiger partial charge in [0.25, 0.3) is 0 Å². The van der Waals surface area contributed by atoms with Crippen LogP contribution in [0.5, 0.6) is 0 Å². The maximum Gasteiger partial charge on any atom is 0.223 e. The zero-order valence-electron chi connectivity index (χ0n) is 16.9. The van der Waals surface area contributed by atoms with E-state index in [0.717, 1.165) is 68.7 Å². The van der Waals surface area contributed by atoms with E-state index in [9.17, 15) is 0 Å². The van der Waals surface area contributed by atoms with Gasteiger partial charge >= 0.3 is 0 Å². The first kappa shape index (κ1) is 20.3. The highest BCUT2D eigenvalue weighted by atomic mass is 35.5. The molecule has 4 rings (SSSR count). The van der Waals surface area contributed by atoms with Crippen LogP contribution in [0.1, 0.15) is 38.5 Å². The van der Waals surface area contributed by atoms with Gasteiger partial charge in [-0.25, -0.2) is 15.0 Å². The summed E-state index contributed by atoms with van der Waals surface area (Å²) >= 11 is 6.46. The van der Waals surface area contributed by atoms with Gasteiger partial charge < -0.3 is 21.3 Å². The molecule has 2 aromatic heterocycles. The molecule has 8 heteroatoms. The first-order valence-corrected chi connectivity index (χ1v) is 10.9. The molecule has 4 N–H and O–H groups in total. The lowest BCUT2D eigenvalue weighted by atomic mass is 9.92. The van der Waals surface area contributed by atoms with Crippen molar-refractivity contribution < 1.29 is 0 Å². The molecule has 29 heavy (non-hydrogen) atoms. The van der Waals surface area contributed by atoms with Crippen LogP contribution in [0, 0.1) is 0 Å². The van der Waals surface area contributed by atoms with Gasteiger partial charge in [-0.05, 0) is 63.7 Å². The van der Waals surface area contributed by atoms with Crippen molar-refractivity contribution in [3.8, 4) is 11.3 Å². The number of rotatable bonds is 5. The Labute approximate surface area is 177 Å². The molecule has 0 unspecified atom stereocenters. The normalized spacial score (nSPS) is 23.0. The molecule has 2 aromatic rings. The van der Waals surface area contributed by atoms with E-state index in [1.165, 1.54) is 0 Å². The number of hydrogen-bond donors (Lipinski definition) is 3. The third-order valence-electron chi connectivity index (χ3n) is 6.09. The van der Waals surface area contributed by atoms with Gasteiger partial charge in [0.15, 0.2) is 0 Å². The summed E-state index contributed by atoms with van der Waals surface area (Å²) in [6, 6.07) is 5.20. The van der Waals surface area contributed by atoms with E-state index in [0.29, 0.717) is 29.1 Å². The minimum absolute atomic E-state index is 0.321. The number of aromatic nitrogens is 3. The number of nitrogens with one attached hydrogen (secondary N) is 2. The van der Waals surface area contributed by atoms with Crippen LogP contribution < -0.4 is 21.3 Å². The third-order valence-corrected chi connectivity index (χ3v) is 6.36. The fourth-order valence-electron chi connectivity index (χ4n) is 4.22. The Balaban J connectivity index is 1.53. The Morgan fingerprint density at radius 1 is 1.14 bits per heavy atom. The number of nitrogens with zero attached hydrogens (tertiary/aromatic N) is 4. The zero-order chi connectivity index (χ0) is 20.2. The Bertz CT molecular complexity index is 816. The van der Waals surface area contributed by atoms with Crippen LogP contribution in [-0.2, 0) is 0 Å². The molecule has 0 spiro atoms. The first-order valence-electron chi connectivity index (χ1n) is 10.5. The summed E-state index contributed by atoms with van der Waals surface area (Å²) in [4.78, 5) is 16.0. The predicted molar refractivity (Wildman–Crippen MR) is 118 cm³/mol. The zero-order valence-corrected chi connectivity index (χ0v) is 17.7.